The van der Waals surface area contributed by atoms with Gasteiger partial charge in [-0.05, 0) is 36.4 Å². The summed E-state index contributed by atoms with van der Waals surface area (Å²) in [7, 11) is 0. The van der Waals surface area contributed by atoms with Gasteiger partial charge in [-0.3, -0.25) is 9.20 Å². The van der Waals surface area contributed by atoms with E-state index < -0.39 is 0 Å². The molecule has 0 aliphatic carbocycles. The molecule has 0 atom stereocenters. The average molecular weight is 349 g/mol. The first kappa shape index (κ1) is 16.0. The normalized spacial score (nSPS) is 11.0. The summed E-state index contributed by atoms with van der Waals surface area (Å²) < 4.78 is 14.7. The van der Waals surface area contributed by atoms with Gasteiger partial charge in [-0.15, -0.1) is 23.1 Å². The number of fused-ring (bicyclic) bond motifs is 1. The number of benzene rings is 1. The smallest absolute Gasteiger partial charge is 0.226 e. The predicted octanol–water partition coefficient (Wildman–Crippen LogP) is 3.38. The molecule has 2 aromatic heterocycles. The van der Waals surface area contributed by atoms with E-state index in [9.17, 15) is 9.18 Å². The average Bonchev–Trinajstić information content (AvgIpc) is 3.10. The van der Waals surface area contributed by atoms with Gasteiger partial charge in [-0.2, -0.15) is 0 Å². The Morgan fingerprint density at radius 3 is 2.96 bits per heavy atom. The zero-order valence-corrected chi connectivity index (χ0v) is 14.0. The minimum Gasteiger partial charge on any atom is -0.356 e. The fraction of sp³-hybridized carbons (Fsp3) is 0.250. The molecule has 2 heterocycles. The maximum Gasteiger partial charge on any atom is 0.226 e. The number of nitrogens with zero attached hydrogens (tertiary/aromatic N) is 2. The van der Waals surface area contributed by atoms with Crippen LogP contribution in [-0.2, 0) is 11.2 Å². The molecule has 0 saturated heterocycles. The van der Waals surface area contributed by atoms with E-state index in [4.69, 9.17) is 0 Å². The number of halogens is 1. The summed E-state index contributed by atoms with van der Waals surface area (Å²) in [4.78, 5) is 18.2. The Morgan fingerprint density at radius 2 is 2.17 bits per heavy atom. The second-order valence-corrected chi connectivity index (χ2v) is 7.05. The summed E-state index contributed by atoms with van der Waals surface area (Å²) in [6, 6.07) is 6.45. The number of imidazole rings is 1. The van der Waals surface area contributed by atoms with Crippen molar-refractivity contribution in [2.24, 2.45) is 0 Å². The summed E-state index contributed by atoms with van der Waals surface area (Å²) in [5.74, 6) is 0.648. The third-order valence-corrected chi connectivity index (χ3v) is 5.08. The van der Waals surface area contributed by atoms with Crippen molar-refractivity contribution in [3.63, 3.8) is 0 Å². The van der Waals surface area contributed by atoms with E-state index in [2.05, 4.69) is 10.3 Å². The van der Waals surface area contributed by atoms with Crippen LogP contribution < -0.4 is 5.32 Å². The molecule has 0 spiro atoms. The summed E-state index contributed by atoms with van der Waals surface area (Å²) in [6.07, 6.45) is 4.99. The van der Waals surface area contributed by atoms with E-state index in [1.54, 1.807) is 35.2 Å². The lowest BCUT2D eigenvalue weighted by Gasteiger charge is -2.04. The topological polar surface area (TPSA) is 46.4 Å². The molecule has 0 bridgehead atoms. The van der Waals surface area contributed by atoms with Crippen molar-refractivity contribution >= 4 is 34.0 Å². The lowest BCUT2D eigenvalue weighted by atomic mass is 10.3. The highest BCUT2D eigenvalue weighted by Gasteiger charge is 2.07. The molecule has 0 aliphatic rings. The third-order valence-electron chi connectivity index (χ3n) is 3.21. The van der Waals surface area contributed by atoms with Gasteiger partial charge in [-0.25, -0.2) is 9.37 Å². The van der Waals surface area contributed by atoms with Crippen molar-refractivity contribution in [1.29, 1.82) is 0 Å². The molecule has 0 saturated carbocycles. The van der Waals surface area contributed by atoms with Gasteiger partial charge in [0.15, 0.2) is 4.96 Å². The zero-order chi connectivity index (χ0) is 16.1. The van der Waals surface area contributed by atoms with Crippen LogP contribution in [0.15, 0.2) is 46.9 Å². The number of thioether (sulfide) groups is 1. The van der Waals surface area contributed by atoms with Crippen LogP contribution in [0.2, 0.25) is 0 Å². The summed E-state index contributed by atoms with van der Waals surface area (Å²) in [5, 5.41) is 4.87. The van der Waals surface area contributed by atoms with Crippen LogP contribution in [0.25, 0.3) is 4.96 Å². The molecule has 3 aromatic rings. The molecule has 1 amide bonds. The number of hydrogen-bond acceptors (Lipinski definition) is 4. The monoisotopic (exact) mass is 349 g/mol. The molecule has 23 heavy (non-hydrogen) atoms. The highest BCUT2D eigenvalue weighted by Crippen LogP contribution is 2.18. The van der Waals surface area contributed by atoms with Gasteiger partial charge in [0.05, 0.1) is 12.1 Å². The van der Waals surface area contributed by atoms with Gasteiger partial charge in [-0.1, -0.05) is 0 Å². The number of aromatic nitrogens is 2. The first-order valence-corrected chi connectivity index (χ1v) is 9.13. The van der Waals surface area contributed by atoms with Crippen LogP contribution in [-0.4, -0.2) is 27.6 Å². The van der Waals surface area contributed by atoms with Crippen LogP contribution in [0, 0.1) is 5.82 Å². The van der Waals surface area contributed by atoms with Gasteiger partial charge < -0.3 is 5.32 Å². The van der Waals surface area contributed by atoms with E-state index in [1.165, 1.54) is 12.1 Å². The SMILES string of the molecule is O=C(Cc1cn2ccsc2n1)NCCCSc1ccc(F)cc1. The van der Waals surface area contributed by atoms with E-state index >= 15 is 0 Å². The number of rotatable bonds is 7. The zero-order valence-electron chi connectivity index (χ0n) is 12.4. The summed E-state index contributed by atoms with van der Waals surface area (Å²) >= 11 is 3.21. The minimum absolute atomic E-state index is 0.0115. The molecule has 0 radical (unpaired) electrons. The molecule has 1 aromatic carbocycles. The molecule has 7 heteroatoms. The number of carbonyl (C=O) groups is 1. The molecule has 4 nitrogen and oxygen atoms in total. The van der Waals surface area contributed by atoms with Crippen LogP contribution in [0.4, 0.5) is 4.39 Å². The van der Waals surface area contributed by atoms with Crippen molar-refractivity contribution in [2.75, 3.05) is 12.3 Å². The minimum atomic E-state index is -0.222. The number of hydrogen-bond donors (Lipinski definition) is 1. The fourth-order valence-corrected chi connectivity index (χ4v) is 3.68. The number of thiazole rings is 1. The molecule has 0 fully saturated rings. The molecular weight excluding hydrogens is 333 g/mol. The quantitative estimate of drug-likeness (QED) is 0.525. The molecule has 0 aliphatic heterocycles. The molecule has 0 unspecified atom stereocenters. The Hall–Kier alpha value is -1.86. The van der Waals surface area contributed by atoms with Crippen molar-refractivity contribution in [1.82, 2.24) is 14.7 Å². The van der Waals surface area contributed by atoms with Crippen molar-refractivity contribution in [3.8, 4) is 0 Å². The number of nitrogens with one attached hydrogen (secondary N) is 1. The standard InChI is InChI=1S/C16H16FN3OS2/c17-12-2-4-14(5-3-12)22-8-1-6-18-15(21)10-13-11-20-7-9-23-16(20)19-13/h2-5,7,9,11H,1,6,8,10H2,(H,18,21). The highest BCUT2D eigenvalue weighted by atomic mass is 32.2. The lowest BCUT2D eigenvalue weighted by molar-refractivity contribution is -0.120. The largest absolute Gasteiger partial charge is 0.356 e. The van der Waals surface area contributed by atoms with Gasteiger partial charge in [0.25, 0.3) is 0 Å². The second-order valence-electron chi connectivity index (χ2n) is 5.01. The molecule has 3 rings (SSSR count). The Kier molecular flexibility index (Phi) is 5.30. The van der Waals surface area contributed by atoms with E-state index in [-0.39, 0.29) is 11.7 Å². The maximum absolute atomic E-state index is 12.8. The predicted molar refractivity (Wildman–Crippen MR) is 91.5 cm³/mol. The molecular formula is C16H16FN3OS2. The van der Waals surface area contributed by atoms with Gasteiger partial charge in [0.2, 0.25) is 5.91 Å². The van der Waals surface area contributed by atoms with Gasteiger partial charge in [0, 0.05) is 29.2 Å². The fourth-order valence-electron chi connectivity index (χ4n) is 2.11. The molecule has 1 N–H and O–H groups in total. The Morgan fingerprint density at radius 1 is 1.35 bits per heavy atom. The lowest BCUT2D eigenvalue weighted by Crippen LogP contribution is -2.26. The Bertz CT molecular complexity index is 754. The second kappa shape index (κ2) is 7.61. The van der Waals surface area contributed by atoms with Crippen LogP contribution in [0.5, 0.6) is 0 Å². The Balaban J connectivity index is 1.34. The van der Waals surface area contributed by atoms with Crippen molar-refractivity contribution in [3.05, 3.63) is 53.6 Å². The van der Waals surface area contributed by atoms with Gasteiger partial charge >= 0.3 is 0 Å². The van der Waals surface area contributed by atoms with E-state index in [0.29, 0.717) is 13.0 Å². The van der Waals surface area contributed by atoms with E-state index in [0.717, 1.165) is 27.7 Å². The van der Waals surface area contributed by atoms with Gasteiger partial charge in [0.1, 0.15) is 5.82 Å². The first-order valence-electron chi connectivity index (χ1n) is 7.27. The first-order chi connectivity index (χ1) is 11.2. The highest BCUT2D eigenvalue weighted by molar-refractivity contribution is 7.99. The third kappa shape index (κ3) is 4.56. The number of carbonyl (C=O) groups excluding carboxylic acids is 1. The summed E-state index contributed by atoms with van der Waals surface area (Å²) in [5.41, 5.74) is 0.787. The van der Waals surface area contributed by atoms with Crippen LogP contribution >= 0.6 is 23.1 Å². The van der Waals surface area contributed by atoms with Crippen molar-refractivity contribution < 1.29 is 9.18 Å². The maximum atomic E-state index is 12.8. The van der Waals surface area contributed by atoms with Crippen LogP contribution in [0.1, 0.15) is 12.1 Å². The Labute approximate surface area is 141 Å². The number of amides is 1. The van der Waals surface area contributed by atoms with Crippen molar-refractivity contribution in [2.45, 2.75) is 17.7 Å². The van der Waals surface area contributed by atoms with E-state index in [1.807, 2.05) is 22.2 Å². The summed E-state index contributed by atoms with van der Waals surface area (Å²) in [6.45, 7) is 0.634. The molecule has 120 valence electrons. The van der Waals surface area contributed by atoms with Crippen LogP contribution in [0.3, 0.4) is 0 Å².